The molecule has 0 spiro atoms. The molecule has 125 valence electrons. The molecule has 1 saturated carbocycles. The van der Waals surface area contributed by atoms with E-state index in [1.165, 1.54) is 7.11 Å². The first-order chi connectivity index (χ1) is 9.87. The van der Waals surface area contributed by atoms with Gasteiger partial charge in [-0.2, -0.15) is 0 Å². The fraction of sp³-hybridized carbons (Fsp3) is 0.857. The van der Waals surface area contributed by atoms with Crippen LogP contribution in [0.25, 0.3) is 5.73 Å². The van der Waals surface area contributed by atoms with Gasteiger partial charge in [0.05, 0.1) is 25.2 Å². The largest absolute Gasteiger partial charge is 0.674 e. The number of methoxy groups -OCH3 is 1. The van der Waals surface area contributed by atoms with E-state index in [-0.39, 0.29) is 55.9 Å². The Kier molecular flexibility index (Phi) is 10.1. The average molecular weight is 526 g/mol. The number of esters is 1. The van der Waals surface area contributed by atoms with Crippen molar-refractivity contribution in [3.05, 3.63) is 5.73 Å². The number of guanidine groups is 1. The van der Waals surface area contributed by atoms with Crippen molar-refractivity contribution in [1.29, 1.82) is 0 Å². The van der Waals surface area contributed by atoms with E-state index in [1.807, 2.05) is 13.8 Å². The van der Waals surface area contributed by atoms with Crippen LogP contribution in [0, 0.1) is 61.8 Å². The first-order valence-electron chi connectivity index (χ1n) is 7.43. The van der Waals surface area contributed by atoms with Gasteiger partial charge in [0.25, 0.3) is 0 Å². The van der Waals surface area contributed by atoms with E-state index in [0.29, 0.717) is 6.42 Å². The van der Waals surface area contributed by atoms with Crippen molar-refractivity contribution in [2.24, 2.45) is 34.2 Å². The summed E-state index contributed by atoms with van der Waals surface area (Å²) in [4.78, 5) is 15.9. The smallest absolute Gasteiger partial charge is 0.311 e. The van der Waals surface area contributed by atoms with E-state index in [0.717, 1.165) is 12.8 Å². The molecule has 1 fully saturated rings. The normalized spacial score (nSPS) is 28.8. The third-order valence-corrected chi connectivity index (χ3v) is 4.54. The van der Waals surface area contributed by atoms with E-state index in [9.17, 15) is 9.90 Å². The number of carbonyl (C=O) groups excluding carboxylic acids is 1. The van der Waals surface area contributed by atoms with Crippen LogP contribution in [0.1, 0.15) is 33.1 Å². The third kappa shape index (κ3) is 5.05. The number of aliphatic hydroxyl groups is 1. The molecule has 1 aliphatic carbocycles. The van der Waals surface area contributed by atoms with Crippen molar-refractivity contribution in [1.82, 2.24) is 0 Å². The molecular weight excluding hydrogens is 499 g/mol. The van der Waals surface area contributed by atoms with Gasteiger partial charge >= 0.3 is 5.97 Å². The number of nitrogens with one attached hydrogen (secondary N) is 1. The van der Waals surface area contributed by atoms with Crippen LogP contribution in [0.4, 0.5) is 0 Å². The standard InChI is InChI=1S/C14H27N4O3.Ac/c1-4-7(5-2)11(15)10-9(18-14(16)17)6-8(12(10)19)13(20)21-3;/h7-12,15,19H,4-6H2,1-3H3,(H4,16,17,18);/q-1;. The van der Waals surface area contributed by atoms with Crippen LogP contribution in [-0.4, -0.2) is 42.3 Å². The predicted octanol–water partition coefficient (Wildman–Crippen LogP) is 0.655. The van der Waals surface area contributed by atoms with Gasteiger partial charge in [0.1, 0.15) is 0 Å². The number of hydrogen-bond acceptors (Lipinski definition) is 4. The molecule has 0 aromatic carbocycles. The van der Waals surface area contributed by atoms with Crippen LogP contribution < -0.4 is 11.5 Å². The number of ether oxygens (including phenoxy) is 1. The fourth-order valence-electron chi connectivity index (χ4n) is 3.33. The molecule has 6 N–H and O–H groups in total. The van der Waals surface area contributed by atoms with Crippen LogP contribution in [0.15, 0.2) is 4.99 Å². The first kappa shape index (κ1) is 22.1. The zero-order valence-corrected chi connectivity index (χ0v) is 18.3. The van der Waals surface area contributed by atoms with Crippen molar-refractivity contribution in [2.75, 3.05) is 7.11 Å². The molecule has 1 rings (SSSR count). The van der Waals surface area contributed by atoms with Gasteiger partial charge in [0.15, 0.2) is 5.96 Å². The number of rotatable bonds is 6. The SMILES string of the molecule is CCC(CC)C([NH-])C1C(N=C(N)N)CC(C(=O)OC)C1O.[Ac]. The minimum atomic E-state index is -0.950. The molecule has 7 nitrogen and oxygen atoms in total. The van der Waals surface area contributed by atoms with Crippen LogP contribution in [0.5, 0.6) is 0 Å². The molecule has 0 bridgehead atoms. The molecule has 5 unspecified atom stereocenters. The maximum absolute atomic E-state index is 11.8. The first-order valence-corrected chi connectivity index (χ1v) is 7.43. The van der Waals surface area contributed by atoms with Crippen molar-refractivity contribution >= 4 is 11.9 Å². The molecule has 1 radical (unpaired) electrons. The Morgan fingerprint density at radius 2 is 1.95 bits per heavy atom. The van der Waals surface area contributed by atoms with Gasteiger partial charge in [0, 0.05) is 44.1 Å². The summed E-state index contributed by atoms with van der Waals surface area (Å²) in [5, 5.41) is 10.5. The second-order valence-electron chi connectivity index (χ2n) is 5.66. The molecular formula is C14H27AcN4O3-. The topological polar surface area (TPSA) is 135 Å². The van der Waals surface area contributed by atoms with Gasteiger partial charge in [-0.15, -0.1) is 6.04 Å². The second-order valence-corrected chi connectivity index (χ2v) is 5.66. The van der Waals surface area contributed by atoms with Crippen LogP contribution >= 0.6 is 0 Å². The Morgan fingerprint density at radius 1 is 1.41 bits per heavy atom. The maximum atomic E-state index is 11.8. The van der Waals surface area contributed by atoms with Crippen molar-refractivity contribution in [3.8, 4) is 0 Å². The Balaban J connectivity index is 0.00000441. The average Bonchev–Trinajstić information content (AvgIpc) is 2.75. The summed E-state index contributed by atoms with van der Waals surface area (Å²) >= 11 is 0. The summed E-state index contributed by atoms with van der Waals surface area (Å²) in [6.45, 7) is 4.04. The van der Waals surface area contributed by atoms with Gasteiger partial charge in [0.2, 0.25) is 0 Å². The maximum Gasteiger partial charge on any atom is 0.311 e. The third-order valence-electron chi connectivity index (χ3n) is 4.54. The second kappa shape index (κ2) is 10.1. The zero-order valence-electron chi connectivity index (χ0n) is 13.5. The van der Waals surface area contributed by atoms with Crippen LogP contribution in [0.3, 0.4) is 0 Å². The molecule has 1 aliphatic rings. The van der Waals surface area contributed by atoms with Crippen molar-refractivity contribution < 1.29 is 58.7 Å². The Hall–Kier alpha value is 0.102. The van der Waals surface area contributed by atoms with Gasteiger partial charge in [-0.05, 0) is 12.3 Å². The predicted molar refractivity (Wildman–Crippen MR) is 81.4 cm³/mol. The van der Waals surface area contributed by atoms with E-state index in [4.69, 9.17) is 21.9 Å². The fourth-order valence-corrected chi connectivity index (χ4v) is 3.33. The monoisotopic (exact) mass is 526 g/mol. The molecule has 0 aromatic heterocycles. The molecule has 0 aliphatic heterocycles. The number of nitrogens with two attached hydrogens (primary N) is 2. The number of aliphatic imine (C=N–C) groups is 1. The zero-order chi connectivity index (χ0) is 16.2. The molecule has 5 atom stereocenters. The quantitative estimate of drug-likeness (QED) is 0.266. The van der Waals surface area contributed by atoms with E-state index < -0.39 is 36.0 Å². The summed E-state index contributed by atoms with van der Waals surface area (Å²) in [7, 11) is 1.29. The van der Waals surface area contributed by atoms with E-state index in [1.54, 1.807) is 0 Å². The van der Waals surface area contributed by atoms with Gasteiger partial charge in [-0.3, -0.25) is 4.79 Å². The van der Waals surface area contributed by atoms with Gasteiger partial charge in [-0.25, -0.2) is 4.99 Å². The summed E-state index contributed by atoms with van der Waals surface area (Å²) in [6.07, 6.45) is 1.04. The number of carbonyl (C=O) groups is 1. The number of aliphatic hydroxyl groups excluding tert-OH is 1. The molecule has 22 heavy (non-hydrogen) atoms. The van der Waals surface area contributed by atoms with Crippen LogP contribution in [0.2, 0.25) is 0 Å². The minimum absolute atomic E-state index is 0. The molecule has 0 aromatic rings. The van der Waals surface area contributed by atoms with E-state index in [2.05, 4.69) is 4.99 Å². The van der Waals surface area contributed by atoms with E-state index >= 15 is 0 Å². The Labute approximate surface area is 168 Å². The van der Waals surface area contributed by atoms with Gasteiger partial charge < -0.3 is 27.0 Å². The molecule has 0 saturated heterocycles. The number of nitrogens with zero attached hydrogens (tertiary/aromatic N) is 1. The number of hydrogen-bond donors (Lipinski definition) is 3. The molecule has 0 heterocycles. The minimum Gasteiger partial charge on any atom is -0.674 e. The molecule has 0 amide bonds. The Morgan fingerprint density at radius 3 is 2.36 bits per heavy atom. The molecule has 8 heteroatoms. The van der Waals surface area contributed by atoms with Crippen molar-refractivity contribution in [3.63, 3.8) is 0 Å². The Bertz CT molecular complexity index is 386. The summed E-state index contributed by atoms with van der Waals surface area (Å²) in [6, 6.07) is -0.935. The van der Waals surface area contributed by atoms with Gasteiger partial charge in [-0.1, -0.05) is 32.6 Å². The summed E-state index contributed by atoms with van der Waals surface area (Å²) in [5.74, 6) is -1.55. The summed E-state index contributed by atoms with van der Waals surface area (Å²) < 4.78 is 4.73. The summed E-state index contributed by atoms with van der Waals surface area (Å²) in [5.41, 5.74) is 19.3. The van der Waals surface area contributed by atoms with Crippen LogP contribution in [-0.2, 0) is 9.53 Å². The van der Waals surface area contributed by atoms with Crippen molar-refractivity contribution in [2.45, 2.75) is 51.3 Å².